The number of carbonyl (C=O) groups is 1. The number of benzene rings is 1. The van der Waals surface area contributed by atoms with Crippen LogP contribution >= 0.6 is 0 Å². The van der Waals surface area contributed by atoms with Crippen LogP contribution in [0.3, 0.4) is 0 Å². The molecule has 0 aliphatic rings. The number of fused-ring (bicyclic) bond motifs is 1. The van der Waals surface area contributed by atoms with Gasteiger partial charge in [-0.1, -0.05) is 6.07 Å². The van der Waals surface area contributed by atoms with Gasteiger partial charge in [-0.15, -0.1) is 0 Å². The molecule has 0 unspecified atom stereocenters. The van der Waals surface area contributed by atoms with Crippen molar-refractivity contribution in [3.63, 3.8) is 0 Å². The largest absolute Gasteiger partial charge is 0.507 e. The first kappa shape index (κ1) is 11.4. The van der Waals surface area contributed by atoms with Crippen LogP contribution in [-0.2, 0) is 7.05 Å². The highest BCUT2D eigenvalue weighted by molar-refractivity contribution is 5.91. The van der Waals surface area contributed by atoms with Crippen molar-refractivity contribution in [2.75, 3.05) is 0 Å². The summed E-state index contributed by atoms with van der Waals surface area (Å²) in [5.74, 6) is -0.764. The fourth-order valence-corrected chi connectivity index (χ4v) is 2.27. The molecule has 0 saturated carbocycles. The molecule has 5 heteroatoms. The summed E-state index contributed by atoms with van der Waals surface area (Å²) in [7, 11) is 1.70. The smallest absolute Gasteiger partial charge is 0.352 e. The Labute approximate surface area is 108 Å². The van der Waals surface area contributed by atoms with Crippen LogP contribution in [0.1, 0.15) is 10.5 Å². The summed E-state index contributed by atoms with van der Waals surface area (Å²) in [6.07, 6.45) is 0. The summed E-state index contributed by atoms with van der Waals surface area (Å²) in [5, 5.41) is 19.5. The van der Waals surface area contributed by atoms with Gasteiger partial charge in [-0.2, -0.15) is 0 Å². The summed E-state index contributed by atoms with van der Waals surface area (Å²) in [6, 6.07) is 10.3. The molecule has 0 fully saturated rings. The highest BCUT2D eigenvalue weighted by Gasteiger charge is 2.14. The van der Waals surface area contributed by atoms with Gasteiger partial charge in [0, 0.05) is 18.0 Å². The molecule has 0 bridgehead atoms. The van der Waals surface area contributed by atoms with E-state index in [1.807, 2.05) is 12.1 Å². The number of aromatic amines is 1. The number of phenols is 1. The van der Waals surface area contributed by atoms with Gasteiger partial charge >= 0.3 is 5.97 Å². The van der Waals surface area contributed by atoms with Gasteiger partial charge in [0.2, 0.25) is 0 Å². The first-order chi connectivity index (χ1) is 9.08. The van der Waals surface area contributed by atoms with Crippen LogP contribution in [-0.4, -0.2) is 25.7 Å². The van der Waals surface area contributed by atoms with Crippen molar-refractivity contribution in [3.8, 4) is 17.1 Å². The number of hydrogen-bond acceptors (Lipinski definition) is 2. The minimum absolute atomic E-state index is 0.202. The summed E-state index contributed by atoms with van der Waals surface area (Å²) in [4.78, 5) is 14.2. The van der Waals surface area contributed by atoms with E-state index in [1.165, 1.54) is 0 Å². The maximum atomic E-state index is 11.0. The molecule has 96 valence electrons. The molecule has 2 aromatic heterocycles. The fraction of sp³-hybridized carbons (Fsp3) is 0.0714. The van der Waals surface area contributed by atoms with E-state index in [-0.39, 0.29) is 11.4 Å². The number of aromatic hydroxyl groups is 1. The van der Waals surface area contributed by atoms with Crippen molar-refractivity contribution in [3.05, 3.63) is 42.1 Å². The molecule has 1 aromatic carbocycles. The Morgan fingerprint density at radius 1 is 1.26 bits per heavy atom. The molecular formula is C14H12N2O3. The minimum Gasteiger partial charge on any atom is -0.507 e. The number of carboxylic acid groups (broad SMARTS) is 1. The number of carboxylic acids is 1. The van der Waals surface area contributed by atoms with Gasteiger partial charge in [0.15, 0.2) is 0 Å². The molecule has 2 heterocycles. The number of nitrogens with one attached hydrogen (secondary N) is 1. The number of nitrogens with zero attached hydrogens (tertiary/aromatic N) is 1. The highest BCUT2D eigenvalue weighted by atomic mass is 16.4. The van der Waals surface area contributed by atoms with Gasteiger partial charge in [-0.3, -0.25) is 0 Å². The number of hydrogen-bond donors (Lipinski definition) is 3. The molecule has 0 radical (unpaired) electrons. The van der Waals surface area contributed by atoms with Crippen molar-refractivity contribution >= 4 is 16.9 Å². The second kappa shape index (κ2) is 3.91. The van der Waals surface area contributed by atoms with Crippen LogP contribution in [0.25, 0.3) is 22.3 Å². The average molecular weight is 256 g/mol. The second-order valence-corrected chi connectivity index (χ2v) is 4.39. The predicted octanol–water partition coefficient (Wildman–Crippen LogP) is 2.58. The lowest BCUT2D eigenvalue weighted by Crippen LogP contribution is -2.05. The quantitative estimate of drug-likeness (QED) is 0.659. The molecule has 0 spiro atoms. The van der Waals surface area contributed by atoms with Gasteiger partial charge < -0.3 is 19.8 Å². The highest BCUT2D eigenvalue weighted by Crippen LogP contribution is 2.30. The average Bonchev–Trinajstić information content (AvgIpc) is 2.93. The van der Waals surface area contributed by atoms with Crippen molar-refractivity contribution < 1.29 is 15.0 Å². The third-order valence-electron chi connectivity index (χ3n) is 3.26. The van der Waals surface area contributed by atoms with Crippen molar-refractivity contribution in [1.29, 1.82) is 0 Å². The maximum Gasteiger partial charge on any atom is 0.352 e. The van der Waals surface area contributed by atoms with E-state index in [1.54, 1.807) is 35.9 Å². The van der Waals surface area contributed by atoms with Gasteiger partial charge in [-0.05, 0) is 30.3 Å². The molecule has 0 amide bonds. The molecule has 3 N–H and O–H groups in total. The Hall–Kier alpha value is -2.69. The Kier molecular flexibility index (Phi) is 2.35. The van der Waals surface area contributed by atoms with E-state index in [9.17, 15) is 9.90 Å². The second-order valence-electron chi connectivity index (χ2n) is 4.39. The Morgan fingerprint density at radius 3 is 2.68 bits per heavy atom. The normalized spacial score (nSPS) is 11.0. The third-order valence-corrected chi connectivity index (χ3v) is 3.26. The molecule has 0 atom stereocenters. The lowest BCUT2D eigenvalue weighted by atomic mass is 10.2. The van der Waals surface area contributed by atoms with Gasteiger partial charge in [0.05, 0.1) is 11.4 Å². The summed E-state index contributed by atoms with van der Waals surface area (Å²) in [6.45, 7) is 0. The van der Waals surface area contributed by atoms with Crippen LogP contribution in [0.15, 0.2) is 36.4 Å². The van der Waals surface area contributed by atoms with E-state index in [2.05, 4.69) is 4.98 Å². The number of aromatic carboxylic acids is 1. The van der Waals surface area contributed by atoms with Crippen LogP contribution in [0, 0.1) is 0 Å². The van der Waals surface area contributed by atoms with E-state index < -0.39 is 5.97 Å². The van der Waals surface area contributed by atoms with Crippen molar-refractivity contribution in [1.82, 2.24) is 9.55 Å². The van der Waals surface area contributed by atoms with E-state index in [4.69, 9.17) is 5.11 Å². The van der Waals surface area contributed by atoms with E-state index in [0.717, 1.165) is 22.3 Å². The van der Waals surface area contributed by atoms with Crippen LogP contribution < -0.4 is 0 Å². The fourth-order valence-electron chi connectivity index (χ4n) is 2.27. The number of phenolic OH excluding ortho intramolecular Hbond substituents is 1. The number of H-pyrrole nitrogens is 1. The van der Waals surface area contributed by atoms with E-state index >= 15 is 0 Å². The first-order valence-corrected chi connectivity index (χ1v) is 5.78. The summed E-state index contributed by atoms with van der Waals surface area (Å²) < 4.78 is 1.60. The van der Waals surface area contributed by atoms with Crippen LogP contribution in [0.5, 0.6) is 5.75 Å². The van der Waals surface area contributed by atoms with E-state index in [0.29, 0.717) is 0 Å². The zero-order valence-corrected chi connectivity index (χ0v) is 10.2. The maximum absolute atomic E-state index is 11.0. The molecule has 3 aromatic rings. The van der Waals surface area contributed by atoms with Gasteiger partial charge in [0.1, 0.15) is 11.4 Å². The zero-order chi connectivity index (χ0) is 13.6. The van der Waals surface area contributed by atoms with Crippen molar-refractivity contribution in [2.45, 2.75) is 0 Å². The Morgan fingerprint density at radius 2 is 2.05 bits per heavy atom. The predicted molar refractivity (Wildman–Crippen MR) is 71.3 cm³/mol. The van der Waals surface area contributed by atoms with Gasteiger partial charge in [0.25, 0.3) is 0 Å². The minimum atomic E-state index is -0.965. The molecule has 0 aliphatic carbocycles. The third kappa shape index (κ3) is 1.67. The zero-order valence-electron chi connectivity index (χ0n) is 10.2. The standard InChI is InChI=1S/C14H12N2O3/c1-16-11(5-6-12(16)14(18)19)10-7-8-9(15-10)3-2-4-13(8)17/h2-7,15,17H,1H3,(H,18,19). The Balaban J connectivity index is 2.20. The summed E-state index contributed by atoms with van der Waals surface area (Å²) >= 11 is 0. The molecule has 0 saturated heterocycles. The molecule has 3 rings (SSSR count). The summed E-state index contributed by atoms with van der Waals surface area (Å²) in [5.41, 5.74) is 2.56. The molecule has 5 nitrogen and oxygen atoms in total. The monoisotopic (exact) mass is 256 g/mol. The number of rotatable bonds is 2. The number of aromatic nitrogens is 2. The van der Waals surface area contributed by atoms with Crippen LogP contribution in [0.4, 0.5) is 0 Å². The lowest BCUT2D eigenvalue weighted by Gasteiger charge is -2.02. The molecule has 19 heavy (non-hydrogen) atoms. The van der Waals surface area contributed by atoms with Crippen molar-refractivity contribution in [2.24, 2.45) is 7.05 Å². The first-order valence-electron chi connectivity index (χ1n) is 5.78. The lowest BCUT2D eigenvalue weighted by molar-refractivity contribution is 0.0687. The van der Waals surface area contributed by atoms with Crippen LogP contribution in [0.2, 0.25) is 0 Å². The molecular weight excluding hydrogens is 244 g/mol. The SMILES string of the molecule is Cn1c(C(=O)O)ccc1-c1cc2c(O)cccc2[nH]1. The molecule has 0 aliphatic heterocycles. The van der Waals surface area contributed by atoms with Gasteiger partial charge in [-0.25, -0.2) is 4.79 Å². The topological polar surface area (TPSA) is 78.2 Å². The Bertz CT molecular complexity index is 783.